The summed E-state index contributed by atoms with van der Waals surface area (Å²) in [4.78, 5) is 13.4. The van der Waals surface area contributed by atoms with Gasteiger partial charge in [-0.1, -0.05) is 37.5 Å². The Morgan fingerprint density at radius 1 is 1.00 bits per heavy atom. The molecule has 30 heavy (non-hydrogen) atoms. The molecule has 2 saturated carbocycles. The molecule has 4 rings (SSSR count). The molecule has 4 nitrogen and oxygen atoms in total. The summed E-state index contributed by atoms with van der Waals surface area (Å²) in [5.74, 6) is 3.44. The molecule has 1 heterocycles. The van der Waals surface area contributed by atoms with Crippen LogP contribution in [0, 0.1) is 17.8 Å². The quantitative estimate of drug-likeness (QED) is 0.608. The topological polar surface area (TPSA) is 47.9 Å². The number of ether oxygens (including phenoxy) is 1. The normalized spacial score (nSPS) is 23.9. The maximum absolute atomic E-state index is 13.0. The minimum atomic E-state index is -4.37. The number of fused-ring (bicyclic) bond motifs is 1. The first-order valence-electron chi connectivity index (χ1n) is 10.9. The van der Waals surface area contributed by atoms with E-state index in [9.17, 15) is 13.2 Å². The molecule has 0 radical (unpaired) electrons. The lowest BCUT2D eigenvalue weighted by Crippen LogP contribution is -2.23. The van der Waals surface area contributed by atoms with Crippen molar-refractivity contribution in [3.8, 4) is 6.01 Å². The number of hydrogen-bond donors (Lipinski definition) is 0. The number of alkyl halides is 3. The van der Waals surface area contributed by atoms with Crippen LogP contribution in [0.5, 0.6) is 6.01 Å². The average Bonchev–Trinajstić information content (AvgIpc) is 3.15. The van der Waals surface area contributed by atoms with Crippen LogP contribution in [-0.2, 0) is 19.0 Å². The Morgan fingerprint density at radius 2 is 1.80 bits per heavy atom. The van der Waals surface area contributed by atoms with Gasteiger partial charge in [-0.3, -0.25) is 0 Å². The Labute approximate surface area is 175 Å². The summed E-state index contributed by atoms with van der Waals surface area (Å²) in [6.45, 7) is 2.29. The SMILES string of the molecule is CCOc1nc(Cc2cccc(C(F)(F)F)c2)nc(CC2CCC3CCCC3C2)n1. The predicted molar refractivity (Wildman–Crippen MR) is 107 cm³/mol. The molecule has 0 N–H and O–H groups in total. The third-order valence-electron chi connectivity index (χ3n) is 6.47. The number of nitrogens with zero attached hydrogens (tertiary/aromatic N) is 3. The van der Waals surface area contributed by atoms with Crippen molar-refractivity contribution in [1.29, 1.82) is 0 Å². The van der Waals surface area contributed by atoms with Gasteiger partial charge in [0.2, 0.25) is 0 Å². The Bertz CT molecular complexity index is 871. The van der Waals surface area contributed by atoms with Gasteiger partial charge in [0.05, 0.1) is 12.2 Å². The predicted octanol–water partition coefficient (Wildman–Crippen LogP) is 5.64. The summed E-state index contributed by atoms with van der Waals surface area (Å²) in [5.41, 5.74) is -0.136. The van der Waals surface area contributed by atoms with Gasteiger partial charge in [0.15, 0.2) is 0 Å². The molecule has 3 unspecified atom stereocenters. The van der Waals surface area contributed by atoms with Gasteiger partial charge in [-0.15, -0.1) is 0 Å². The minimum absolute atomic E-state index is 0.217. The molecule has 2 fully saturated rings. The molecule has 1 aromatic carbocycles. The van der Waals surface area contributed by atoms with E-state index in [0.29, 0.717) is 29.7 Å². The molecular formula is C23H28F3N3O. The summed E-state index contributed by atoms with van der Waals surface area (Å²) < 4.78 is 44.6. The smallest absolute Gasteiger partial charge is 0.416 e. The van der Waals surface area contributed by atoms with Gasteiger partial charge < -0.3 is 4.74 Å². The molecule has 162 valence electrons. The van der Waals surface area contributed by atoms with Crippen LogP contribution in [0.15, 0.2) is 24.3 Å². The summed E-state index contributed by atoms with van der Waals surface area (Å²) in [5, 5.41) is 0. The molecule has 0 aliphatic heterocycles. The zero-order valence-corrected chi connectivity index (χ0v) is 17.3. The lowest BCUT2D eigenvalue weighted by atomic mass is 9.75. The fourth-order valence-corrected chi connectivity index (χ4v) is 5.09. The van der Waals surface area contributed by atoms with E-state index < -0.39 is 11.7 Å². The summed E-state index contributed by atoms with van der Waals surface area (Å²) >= 11 is 0. The lowest BCUT2D eigenvalue weighted by Gasteiger charge is -2.31. The van der Waals surface area contributed by atoms with E-state index in [1.54, 1.807) is 6.07 Å². The van der Waals surface area contributed by atoms with Crippen molar-refractivity contribution < 1.29 is 17.9 Å². The van der Waals surface area contributed by atoms with Crippen molar-refractivity contribution in [1.82, 2.24) is 15.0 Å². The second-order valence-corrected chi connectivity index (χ2v) is 8.59. The number of rotatable bonds is 6. The first-order chi connectivity index (χ1) is 14.4. The third-order valence-corrected chi connectivity index (χ3v) is 6.47. The van der Waals surface area contributed by atoms with E-state index in [1.165, 1.54) is 44.6 Å². The van der Waals surface area contributed by atoms with E-state index in [4.69, 9.17) is 4.74 Å². The Balaban J connectivity index is 1.51. The minimum Gasteiger partial charge on any atom is -0.464 e. The van der Waals surface area contributed by atoms with Gasteiger partial charge in [-0.25, -0.2) is 4.98 Å². The highest BCUT2D eigenvalue weighted by Gasteiger charge is 2.34. The second-order valence-electron chi connectivity index (χ2n) is 8.59. The zero-order valence-electron chi connectivity index (χ0n) is 17.3. The first-order valence-corrected chi connectivity index (χ1v) is 10.9. The van der Waals surface area contributed by atoms with Gasteiger partial charge in [0, 0.05) is 12.8 Å². The van der Waals surface area contributed by atoms with Crippen LogP contribution in [0.25, 0.3) is 0 Å². The van der Waals surface area contributed by atoms with Crippen LogP contribution in [0.3, 0.4) is 0 Å². The van der Waals surface area contributed by atoms with Crippen molar-refractivity contribution in [2.24, 2.45) is 17.8 Å². The van der Waals surface area contributed by atoms with E-state index >= 15 is 0 Å². The summed E-state index contributed by atoms with van der Waals surface area (Å²) in [6.07, 6.45) is 4.40. The van der Waals surface area contributed by atoms with E-state index in [-0.39, 0.29) is 12.4 Å². The highest BCUT2D eigenvalue weighted by molar-refractivity contribution is 5.28. The maximum Gasteiger partial charge on any atom is 0.416 e. The van der Waals surface area contributed by atoms with Gasteiger partial charge in [0.1, 0.15) is 11.6 Å². The number of aromatic nitrogens is 3. The summed E-state index contributed by atoms with van der Waals surface area (Å²) in [7, 11) is 0. The monoisotopic (exact) mass is 419 g/mol. The van der Waals surface area contributed by atoms with Gasteiger partial charge in [-0.05, 0) is 55.6 Å². The fraction of sp³-hybridized carbons (Fsp3) is 0.609. The molecule has 0 bridgehead atoms. The van der Waals surface area contributed by atoms with Gasteiger partial charge in [-0.2, -0.15) is 23.1 Å². The summed E-state index contributed by atoms with van der Waals surface area (Å²) in [6, 6.07) is 5.59. The second kappa shape index (κ2) is 8.90. The highest BCUT2D eigenvalue weighted by Crippen LogP contribution is 2.44. The first kappa shape index (κ1) is 21.1. The lowest BCUT2D eigenvalue weighted by molar-refractivity contribution is -0.137. The molecule has 0 spiro atoms. The number of hydrogen-bond acceptors (Lipinski definition) is 4. The van der Waals surface area contributed by atoms with E-state index in [1.807, 2.05) is 6.92 Å². The van der Waals surface area contributed by atoms with Crippen molar-refractivity contribution in [2.75, 3.05) is 6.61 Å². The maximum atomic E-state index is 13.0. The van der Waals surface area contributed by atoms with Crippen molar-refractivity contribution in [2.45, 2.75) is 64.5 Å². The molecule has 0 saturated heterocycles. The molecule has 0 amide bonds. The Morgan fingerprint density at radius 3 is 2.60 bits per heavy atom. The molecule has 3 atom stereocenters. The van der Waals surface area contributed by atoms with Crippen LogP contribution in [0.2, 0.25) is 0 Å². The van der Waals surface area contributed by atoms with Gasteiger partial charge in [0.25, 0.3) is 0 Å². The largest absolute Gasteiger partial charge is 0.464 e. The van der Waals surface area contributed by atoms with Crippen molar-refractivity contribution >= 4 is 0 Å². The standard InChI is InChI=1S/C23H28F3N3O/c1-2-30-22-28-20(13-15-5-3-8-19(12-15)23(24,25)26)27-21(29-22)14-16-9-10-17-6-4-7-18(17)11-16/h3,5,8,12,16-18H,2,4,6-7,9-11,13-14H2,1H3. The zero-order chi connectivity index (χ0) is 21.1. The Kier molecular flexibility index (Phi) is 6.25. The number of benzene rings is 1. The van der Waals surface area contributed by atoms with E-state index in [0.717, 1.165) is 30.4 Å². The average molecular weight is 419 g/mol. The third kappa shape index (κ3) is 5.10. The van der Waals surface area contributed by atoms with Crippen molar-refractivity contribution in [3.05, 3.63) is 47.0 Å². The molecule has 1 aromatic heterocycles. The van der Waals surface area contributed by atoms with Crippen molar-refractivity contribution in [3.63, 3.8) is 0 Å². The fourth-order valence-electron chi connectivity index (χ4n) is 5.09. The molecular weight excluding hydrogens is 391 g/mol. The molecule has 7 heteroatoms. The van der Waals surface area contributed by atoms with E-state index in [2.05, 4.69) is 15.0 Å². The molecule has 2 aromatic rings. The Hall–Kier alpha value is -2.18. The van der Waals surface area contributed by atoms with Crippen LogP contribution in [0.1, 0.15) is 68.2 Å². The number of halogens is 3. The van der Waals surface area contributed by atoms with Gasteiger partial charge >= 0.3 is 12.2 Å². The van der Waals surface area contributed by atoms with Crippen LogP contribution >= 0.6 is 0 Å². The molecule has 2 aliphatic carbocycles. The highest BCUT2D eigenvalue weighted by atomic mass is 19.4. The van der Waals surface area contributed by atoms with Crippen LogP contribution in [0.4, 0.5) is 13.2 Å². The van der Waals surface area contributed by atoms with Crippen LogP contribution in [-0.4, -0.2) is 21.6 Å². The van der Waals surface area contributed by atoms with Crippen LogP contribution < -0.4 is 4.74 Å². The molecule has 2 aliphatic rings.